The third-order valence-electron chi connectivity index (χ3n) is 6.05. The zero-order chi connectivity index (χ0) is 17.5. The van der Waals surface area contributed by atoms with Crippen LogP contribution in [-0.2, 0) is 14.3 Å². The Balaban J connectivity index is 1.62. The molecule has 4 bridgehead atoms. The minimum atomic E-state index is -0.973. The number of nitrogens with one attached hydrogen (secondary N) is 1. The smallest absolute Gasteiger partial charge is 0.318 e. The molecule has 0 heterocycles. The topological polar surface area (TPSA) is 98.5 Å². The first-order valence-corrected chi connectivity index (χ1v) is 9.06. The van der Waals surface area contributed by atoms with Crippen molar-refractivity contribution in [2.75, 3.05) is 0 Å². The minimum absolute atomic E-state index is 0.0769. The van der Waals surface area contributed by atoms with Crippen LogP contribution < -0.4 is 11.1 Å². The van der Waals surface area contributed by atoms with Gasteiger partial charge in [-0.05, 0) is 67.6 Å². The van der Waals surface area contributed by atoms with Crippen LogP contribution in [-0.4, -0.2) is 24.0 Å². The van der Waals surface area contributed by atoms with Crippen LogP contribution in [0.25, 0.3) is 0 Å². The molecule has 0 spiro atoms. The highest BCUT2D eigenvalue weighted by Gasteiger charge is 2.51. The van der Waals surface area contributed by atoms with E-state index in [2.05, 4.69) is 0 Å². The lowest BCUT2D eigenvalue weighted by Crippen LogP contribution is -2.48. The van der Waals surface area contributed by atoms with E-state index in [0.29, 0.717) is 6.42 Å². The van der Waals surface area contributed by atoms with Gasteiger partial charge in [-0.25, -0.2) is 4.79 Å². The van der Waals surface area contributed by atoms with Gasteiger partial charge < -0.3 is 10.5 Å². The quantitative estimate of drug-likeness (QED) is 0.753. The molecule has 0 radical (unpaired) electrons. The highest BCUT2D eigenvalue weighted by molar-refractivity contribution is 5.96. The zero-order valence-corrected chi connectivity index (χ0v) is 14.5. The second-order valence-corrected chi connectivity index (χ2v) is 8.60. The molecule has 4 rings (SSSR count). The molecule has 4 aliphatic carbocycles. The molecule has 6 heteroatoms. The van der Waals surface area contributed by atoms with Gasteiger partial charge in [0.2, 0.25) is 0 Å². The van der Waals surface area contributed by atoms with Crippen LogP contribution in [0.2, 0.25) is 0 Å². The van der Waals surface area contributed by atoms with Gasteiger partial charge in [0, 0.05) is 0 Å². The standard InChI is InChI=1S/C18H28N2O4/c1-10(2)15(16(22)20-17(19)23)24-14(21)9-18-6-11-3-12(7-18)5-13(4-11)8-18/h10-13,15H,3-9H2,1-2H3,(H3,19,20,22,23). The third kappa shape index (κ3) is 3.57. The second-order valence-electron chi connectivity index (χ2n) is 8.60. The van der Waals surface area contributed by atoms with Gasteiger partial charge in [-0.15, -0.1) is 0 Å². The van der Waals surface area contributed by atoms with E-state index >= 15 is 0 Å². The highest BCUT2D eigenvalue weighted by Crippen LogP contribution is 2.61. The fourth-order valence-corrected chi connectivity index (χ4v) is 5.68. The van der Waals surface area contributed by atoms with Crippen molar-refractivity contribution in [3.05, 3.63) is 0 Å². The van der Waals surface area contributed by atoms with Crippen molar-refractivity contribution in [1.29, 1.82) is 0 Å². The molecular formula is C18H28N2O4. The van der Waals surface area contributed by atoms with Gasteiger partial charge in [-0.2, -0.15) is 0 Å². The van der Waals surface area contributed by atoms with Crippen LogP contribution in [0, 0.1) is 29.1 Å². The Kier molecular flexibility index (Phi) is 4.58. The number of rotatable bonds is 5. The predicted molar refractivity (Wildman–Crippen MR) is 87.7 cm³/mol. The van der Waals surface area contributed by atoms with Gasteiger partial charge in [0.25, 0.3) is 5.91 Å². The molecule has 0 aromatic rings. The Hall–Kier alpha value is -1.59. The SMILES string of the molecule is CC(C)C(OC(=O)CC12CC3CC(CC(C3)C1)C2)C(=O)NC(N)=O. The van der Waals surface area contributed by atoms with Crippen LogP contribution in [0.15, 0.2) is 0 Å². The summed E-state index contributed by atoms with van der Waals surface area (Å²) in [4.78, 5) is 35.4. The minimum Gasteiger partial charge on any atom is -0.452 e. The maximum Gasteiger partial charge on any atom is 0.318 e. The maximum absolute atomic E-state index is 12.5. The number of hydrogen-bond acceptors (Lipinski definition) is 4. The molecule has 24 heavy (non-hydrogen) atoms. The number of amides is 3. The van der Waals surface area contributed by atoms with Crippen molar-refractivity contribution in [2.45, 2.75) is 64.9 Å². The number of imide groups is 1. The Morgan fingerprint density at radius 2 is 1.58 bits per heavy atom. The van der Waals surface area contributed by atoms with Crippen LogP contribution in [0.5, 0.6) is 0 Å². The Bertz CT molecular complexity index is 508. The molecule has 0 aromatic heterocycles. The number of primary amides is 1. The first-order valence-electron chi connectivity index (χ1n) is 9.06. The normalized spacial score (nSPS) is 34.9. The number of ether oxygens (including phenoxy) is 1. The number of nitrogens with two attached hydrogens (primary N) is 1. The summed E-state index contributed by atoms with van der Waals surface area (Å²) in [7, 11) is 0. The molecule has 0 aliphatic heterocycles. The summed E-state index contributed by atoms with van der Waals surface area (Å²) in [6.45, 7) is 3.56. The molecule has 0 aromatic carbocycles. The van der Waals surface area contributed by atoms with Crippen LogP contribution in [0.3, 0.4) is 0 Å². The molecule has 134 valence electrons. The van der Waals surface area contributed by atoms with E-state index in [-0.39, 0.29) is 17.3 Å². The summed E-state index contributed by atoms with van der Waals surface area (Å²) in [5, 5.41) is 2.01. The molecule has 1 atom stereocenters. The van der Waals surface area contributed by atoms with Crippen LogP contribution in [0.1, 0.15) is 58.8 Å². The van der Waals surface area contributed by atoms with E-state index < -0.39 is 18.0 Å². The highest BCUT2D eigenvalue weighted by atomic mass is 16.5. The lowest BCUT2D eigenvalue weighted by atomic mass is 9.49. The molecule has 0 saturated heterocycles. The fourth-order valence-electron chi connectivity index (χ4n) is 5.68. The maximum atomic E-state index is 12.5. The lowest BCUT2D eigenvalue weighted by Gasteiger charge is -2.56. The Labute approximate surface area is 142 Å². The van der Waals surface area contributed by atoms with Gasteiger partial charge in [0.05, 0.1) is 6.42 Å². The van der Waals surface area contributed by atoms with Crippen molar-refractivity contribution < 1.29 is 19.1 Å². The molecule has 3 N–H and O–H groups in total. The number of esters is 1. The van der Waals surface area contributed by atoms with Gasteiger partial charge in [0.1, 0.15) is 0 Å². The van der Waals surface area contributed by atoms with E-state index in [4.69, 9.17) is 10.5 Å². The van der Waals surface area contributed by atoms with E-state index in [9.17, 15) is 14.4 Å². The van der Waals surface area contributed by atoms with Crippen molar-refractivity contribution in [2.24, 2.45) is 34.8 Å². The first-order chi connectivity index (χ1) is 11.3. The van der Waals surface area contributed by atoms with Gasteiger partial charge in [0.15, 0.2) is 6.10 Å². The number of hydrogen-bond donors (Lipinski definition) is 2. The number of carbonyl (C=O) groups is 3. The van der Waals surface area contributed by atoms with E-state index in [1.165, 1.54) is 19.3 Å². The monoisotopic (exact) mass is 336 g/mol. The molecule has 4 aliphatic rings. The van der Waals surface area contributed by atoms with Crippen LogP contribution >= 0.6 is 0 Å². The summed E-state index contributed by atoms with van der Waals surface area (Å²) in [5.41, 5.74) is 5.06. The summed E-state index contributed by atoms with van der Waals surface area (Å²) in [6, 6.07) is -0.928. The predicted octanol–water partition coefficient (Wildman–Crippen LogP) is 2.36. The Morgan fingerprint density at radius 3 is 2.00 bits per heavy atom. The molecular weight excluding hydrogens is 308 g/mol. The summed E-state index contributed by atoms with van der Waals surface area (Å²) < 4.78 is 5.45. The zero-order valence-electron chi connectivity index (χ0n) is 14.5. The largest absolute Gasteiger partial charge is 0.452 e. The molecule has 6 nitrogen and oxygen atoms in total. The number of urea groups is 1. The summed E-state index contributed by atoms with van der Waals surface area (Å²) >= 11 is 0. The van der Waals surface area contributed by atoms with E-state index in [1.807, 2.05) is 5.32 Å². The van der Waals surface area contributed by atoms with E-state index in [0.717, 1.165) is 37.0 Å². The third-order valence-corrected chi connectivity index (χ3v) is 6.05. The van der Waals surface area contributed by atoms with Gasteiger partial charge >= 0.3 is 12.0 Å². The molecule has 4 fully saturated rings. The van der Waals surface area contributed by atoms with Crippen molar-refractivity contribution in [3.8, 4) is 0 Å². The van der Waals surface area contributed by atoms with Crippen molar-refractivity contribution >= 4 is 17.9 Å². The lowest BCUT2D eigenvalue weighted by molar-refractivity contribution is -0.164. The number of carbonyl (C=O) groups excluding carboxylic acids is 3. The Morgan fingerprint density at radius 1 is 1.08 bits per heavy atom. The molecule has 1 unspecified atom stereocenters. The average Bonchev–Trinajstić information content (AvgIpc) is 2.41. The van der Waals surface area contributed by atoms with E-state index in [1.54, 1.807) is 13.8 Å². The van der Waals surface area contributed by atoms with Crippen molar-refractivity contribution in [1.82, 2.24) is 5.32 Å². The van der Waals surface area contributed by atoms with Crippen molar-refractivity contribution in [3.63, 3.8) is 0 Å². The van der Waals surface area contributed by atoms with Gasteiger partial charge in [-0.3, -0.25) is 14.9 Å². The fraction of sp³-hybridized carbons (Fsp3) is 0.833. The summed E-state index contributed by atoms with van der Waals surface area (Å²) in [5.74, 6) is 1.12. The summed E-state index contributed by atoms with van der Waals surface area (Å²) in [6.07, 6.45) is 6.75. The van der Waals surface area contributed by atoms with Crippen LogP contribution in [0.4, 0.5) is 4.79 Å². The van der Waals surface area contributed by atoms with Gasteiger partial charge in [-0.1, -0.05) is 13.8 Å². The average molecular weight is 336 g/mol. The first kappa shape index (κ1) is 17.2. The molecule has 4 saturated carbocycles. The molecule has 3 amide bonds. The second kappa shape index (κ2) is 6.37.